The summed E-state index contributed by atoms with van der Waals surface area (Å²) in [7, 11) is 1.63. The van der Waals surface area contributed by atoms with Crippen LogP contribution in [-0.4, -0.2) is 44.4 Å². The van der Waals surface area contributed by atoms with Gasteiger partial charge in [0.2, 0.25) is 0 Å². The van der Waals surface area contributed by atoms with Gasteiger partial charge in [-0.05, 0) is 44.9 Å². The lowest BCUT2D eigenvalue weighted by atomic mass is 9.84. The molecule has 134 valence electrons. The highest BCUT2D eigenvalue weighted by molar-refractivity contribution is 6.04. The van der Waals surface area contributed by atoms with E-state index in [9.17, 15) is 4.79 Å². The van der Waals surface area contributed by atoms with E-state index in [0.29, 0.717) is 12.7 Å². The summed E-state index contributed by atoms with van der Waals surface area (Å²) in [6, 6.07) is 0. The van der Waals surface area contributed by atoms with Crippen LogP contribution in [0.5, 0.6) is 0 Å². The number of hydrogen-bond donors (Lipinski definition) is 0. The molecule has 0 spiro atoms. The lowest BCUT2D eigenvalue weighted by Gasteiger charge is -2.21. The van der Waals surface area contributed by atoms with Gasteiger partial charge in [-0.15, -0.1) is 0 Å². The summed E-state index contributed by atoms with van der Waals surface area (Å²) in [4.78, 5) is 17.8. The molecule has 3 aliphatic rings. The third kappa shape index (κ3) is 3.98. The topological polar surface area (TPSA) is 66.4 Å². The molecule has 0 N–H and O–H groups in total. The van der Waals surface area contributed by atoms with Crippen LogP contribution in [0.15, 0.2) is 17.3 Å². The standard InChI is InChI=1S/C18H27NO5/c1-12-6-4-3-5-7-13-8-14(22-11-21-2)9-15(13)17-16(10-23-19-17)18(20)24-12/h5,7,12-16H,3-4,6,8-11H2,1-2H3/b7-5-/t12-,13-,14+,15-,16-/m1/s1. The van der Waals surface area contributed by atoms with Crippen molar-refractivity contribution in [1.29, 1.82) is 0 Å². The number of nitrogens with zero attached hydrogens (tertiary/aromatic N) is 1. The van der Waals surface area contributed by atoms with Gasteiger partial charge in [0.1, 0.15) is 19.3 Å². The Morgan fingerprint density at radius 1 is 1.38 bits per heavy atom. The lowest BCUT2D eigenvalue weighted by molar-refractivity contribution is -0.152. The van der Waals surface area contributed by atoms with Crippen LogP contribution in [0.1, 0.15) is 39.0 Å². The van der Waals surface area contributed by atoms with Crippen LogP contribution in [0.4, 0.5) is 0 Å². The molecule has 1 fully saturated rings. The maximum Gasteiger partial charge on any atom is 0.318 e. The van der Waals surface area contributed by atoms with Crippen molar-refractivity contribution in [3.8, 4) is 0 Å². The molecule has 0 unspecified atom stereocenters. The van der Waals surface area contributed by atoms with Gasteiger partial charge in [0.15, 0.2) is 0 Å². The van der Waals surface area contributed by atoms with Gasteiger partial charge < -0.3 is 19.0 Å². The highest BCUT2D eigenvalue weighted by Crippen LogP contribution is 2.39. The lowest BCUT2D eigenvalue weighted by Crippen LogP contribution is -2.34. The Bertz CT molecular complexity index is 504. The van der Waals surface area contributed by atoms with E-state index in [1.54, 1.807) is 7.11 Å². The van der Waals surface area contributed by atoms with Crippen molar-refractivity contribution in [2.45, 2.75) is 51.2 Å². The van der Waals surface area contributed by atoms with Crippen molar-refractivity contribution in [1.82, 2.24) is 0 Å². The number of methoxy groups -OCH3 is 1. The molecule has 0 aromatic carbocycles. The third-order valence-corrected chi connectivity index (χ3v) is 5.10. The van der Waals surface area contributed by atoms with Crippen molar-refractivity contribution in [2.24, 2.45) is 22.9 Å². The molecule has 5 atom stereocenters. The first-order valence-corrected chi connectivity index (χ1v) is 8.86. The summed E-state index contributed by atoms with van der Waals surface area (Å²) < 4.78 is 16.4. The van der Waals surface area contributed by atoms with Crippen LogP contribution in [-0.2, 0) is 23.8 Å². The Balaban J connectivity index is 1.79. The van der Waals surface area contributed by atoms with Crippen molar-refractivity contribution < 1.29 is 23.8 Å². The molecule has 2 aliphatic heterocycles. The van der Waals surface area contributed by atoms with E-state index in [1.807, 2.05) is 6.92 Å². The Kier molecular flexibility index (Phi) is 5.89. The largest absolute Gasteiger partial charge is 0.462 e. The van der Waals surface area contributed by atoms with Crippen molar-refractivity contribution >= 4 is 11.7 Å². The molecule has 6 nitrogen and oxygen atoms in total. The van der Waals surface area contributed by atoms with E-state index in [4.69, 9.17) is 19.0 Å². The number of carbonyl (C=O) groups is 1. The minimum atomic E-state index is -0.381. The number of ether oxygens (including phenoxy) is 3. The number of carbonyl (C=O) groups excluding carboxylic acids is 1. The zero-order chi connectivity index (χ0) is 16.9. The molecule has 24 heavy (non-hydrogen) atoms. The van der Waals surface area contributed by atoms with Gasteiger partial charge in [-0.2, -0.15) is 0 Å². The van der Waals surface area contributed by atoms with Gasteiger partial charge in [-0.25, -0.2) is 0 Å². The zero-order valence-corrected chi connectivity index (χ0v) is 14.5. The van der Waals surface area contributed by atoms with E-state index < -0.39 is 0 Å². The van der Waals surface area contributed by atoms with E-state index >= 15 is 0 Å². The quantitative estimate of drug-likeness (QED) is 0.450. The molecule has 1 saturated carbocycles. The Morgan fingerprint density at radius 3 is 3.08 bits per heavy atom. The predicted molar refractivity (Wildman–Crippen MR) is 88.4 cm³/mol. The summed E-state index contributed by atoms with van der Waals surface area (Å²) in [5, 5.41) is 4.21. The first-order valence-electron chi connectivity index (χ1n) is 8.86. The molecular formula is C18H27NO5. The smallest absolute Gasteiger partial charge is 0.318 e. The molecular weight excluding hydrogens is 310 g/mol. The molecule has 0 bridgehead atoms. The number of oxime groups is 1. The molecule has 0 aromatic heterocycles. The summed E-state index contributed by atoms with van der Waals surface area (Å²) in [6.45, 7) is 2.53. The van der Waals surface area contributed by atoms with Crippen LogP contribution in [0.3, 0.4) is 0 Å². The van der Waals surface area contributed by atoms with Crippen LogP contribution < -0.4 is 0 Å². The molecule has 0 saturated heterocycles. The van der Waals surface area contributed by atoms with E-state index in [2.05, 4.69) is 17.3 Å². The van der Waals surface area contributed by atoms with E-state index in [0.717, 1.165) is 37.8 Å². The molecule has 6 heteroatoms. The van der Waals surface area contributed by atoms with Crippen LogP contribution in [0, 0.1) is 17.8 Å². The number of rotatable bonds is 3. The van der Waals surface area contributed by atoms with Gasteiger partial charge >= 0.3 is 5.97 Å². The average Bonchev–Trinajstić information content (AvgIpc) is 3.18. The molecule has 3 rings (SSSR count). The van der Waals surface area contributed by atoms with Crippen molar-refractivity contribution in [3.05, 3.63) is 12.2 Å². The highest BCUT2D eigenvalue weighted by Gasteiger charge is 2.44. The predicted octanol–water partition coefficient (Wildman–Crippen LogP) is 2.68. The average molecular weight is 337 g/mol. The second-order valence-electron chi connectivity index (χ2n) is 6.91. The molecule has 0 radical (unpaired) electrons. The number of allylic oxidation sites excluding steroid dienone is 2. The number of fused-ring (bicyclic) bond motifs is 3. The van der Waals surface area contributed by atoms with Crippen molar-refractivity contribution in [3.63, 3.8) is 0 Å². The molecule has 1 aliphatic carbocycles. The first-order chi connectivity index (χ1) is 11.7. The van der Waals surface area contributed by atoms with Crippen LogP contribution in [0.25, 0.3) is 0 Å². The van der Waals surface area contributed by atoms with E-state index in [-0.39, 0.29) is 36.6 Å². The fourth-order valence-corrected chi connectivity index (χ4v) is 3.86. The van der Waals surface area contributed by atoms with Gasteiger partial charge in [0.25, 0.3) is 0 Å². The van der Waals surface area contributed by atoms with Gasteiger partial charge in [0.05, 0.1) is 17.9 Å². The maximum absolute atomic E-state index is 12.5. The van der Waals surface area contributed by atoms with Gasteiger partial charge in [-0.3, -0.25) is 4.79 Å². The SMILES string of the molecule is COCO[C@H]1C[C@H]2/C=C\CCC[C@@H](C)OC(=O)[C@@H]3CON=C3[C@@H]2C1. The Labute approximate surface area is 143 Å². The fraction of sp³-hybridized carbons (Fsp3) is 0.778. The van der Waals surface area contributed by atoms with Gasteiger partial charge in [-0.1, -0.05) is 17.3 Å². The number of esters is 1. The number of cyclic esters (lactones) is 1. The monoisotopic (exact) mass is 337 g/mol. The Morgan fingerprint density at radius 2 is 2.25 bits per heavy atom. The second kappa shape index (κ2) is 8.12. The molecule has 2 heterocycles. The summed E-state index contributed by atoms with van der Waals surface area (Å²) in [5.74, 6) is -0.102. The summed E-state index contributed by atoms with van der Waals surface area (Å²) >= 11 is 0. The number of hydrogen-bond acceptors (Lipinski definition) is 6. The first kappa shape index (κ1) is 17.4. The van der Waals surface area contributed by atoms with Crippen LogP contribution in [0.2, 0.25) is 0 Å². The summed E-state index contributed by atoms with van der Waals surface area (Å²) in [5.41, 5.74) is 0.825. The Hall–Kier alpha value is -1.40. The minimum Gasteiger partial charge on any atom is -0.462 e. The second-order valence-corrected chi connectivity index (χ2v) is 6.91. The molecule has 0 aromatic rings. The third-order valence-electron chi connectivity index (χ3n) is 5.10. The van der Waals surface area contributed by atoms with E-state index in [1.165, 1.54) is 0 Å². The zero-order valence-electron chi connectivity index (χ0n) is 14.5. The maximum atomic E-state index is 12.5. The summed E-state index contributed by atoms with van der Waals surface area (Å²) in [6.07, 6.45) is 9.23. The minimum absolute atomic E-state index is 0.0654. The van der Waals surface area contributed by atoms with Gasteiger partial charge in [0, 0.05) is 13.0 Å². The normalized spacial score (nSPS) is 38.0. The fourth-order valence-electron chi connectivity index (χ4n) is 3.86. The van der Waals surface area contributed by atoms with Crippen LogP contribution >= 0.6 is 0 Å². The van der Waals surface area contributed by atoms with Crippen molar-refractivity contribution in [2.75, 3.05) is 20.5 Å². The highest BCUT2D eigenvalue weighted by atomic mass is 16.7. The molecule has 0 amide bonds.